The molecule has 0 radical (unpaired) electrons. The lowest BCUT2D eigenvalue weighted by Gasteiger charge is -2.39. The summed E-state index contributed by atoms with van der Waals surface area (Å²) in [6.45, 7) is 2.19. The predicted molar refractivity (Wildman–Crippen MR) is 75.9 cm³/mol. The van der Waals surface area contributed by atoms with E-state index in [0.29, 0.717) is 6.54 Å². The molecule has 1 aromatic carbocycles. The van der Waals surface area contributed by atoms with Crippen LogP contribution in [0.2, 0.25) is 0 Å². The molecule has 0 amide bonds. The largest absolute Gasteiger partial charge is 0.374 e. The first-order valence-electron chi connectivity index (χ1n) is 6.66. The van der Waals surface area contributed by atoms with E-state index in [1.807, 2.05) is 18.5 Å². The van der Waals surface area contributed by atoms with Crippen LogP contribution < -0.4 is 5.73 Å². The van der Waals surface area contributed by atoms with E-state index in [1.165, 1.54) is 10.9 Å². The molecule has 4 heteroatoms. The molecular formula is C15H19N3O. The van der Waals surface area contributed by atoms with Crippen molar-refractivity contribution in [3.05, 3.63) is 42.2 Å². The number of likely N-dealkylation sites (N-methyl/N-ethyl adjacent to an activating group) is 1. The Hall–Kier alpha value is -1.49. The third-order valence-corrected chi connectivity index (χ3v) is 3.85. The van der Waals surface area contributed by atoms with Crippen LogP contribution in [0.25, 0.3) is 10.8 Å². The first kappa shape index (κ1) is 12.5. The summed E-state index contributed by atoms with van der Waals surface area (Å²) < 4.78 is 5.82. The molecule has 19 heavy (non-hydrogen) atoms. The van der Waals surface area contributed by atoms with Crippen molar-refractivity contribution in [2.75, 3.05) is 26.7 Å². The smallest absolute Gasteiger partial charge is 0.0895 e. The van der Waals surface area contributed by atoms with Gasteiger partial charge in [0.2, 0.25) is 0 Å². The van der Waals surface area contributed by atoms with Crippen LogP contribution in [0.4, 0.5) is 0 Å². The summed E-state index contributed by atoms with van der Waals surface area (Å²) in [5.74, 6) is 0. The van der Waals surface area contributed by atoms with Crippen molar-refractivity contribution >= 4 is 10.8 Å². The van der Waals surface area contributed by atoms with Crippen LogP contribution >= 0.6 is 0 Å². The van der Waals surface area contributed by atoms with Gasteiger partial charge in [-0.1, -0.05) is 24.3 Å². The molecule has 0 spiro atoms. The molecule has 0 saturated carbocycles. The maximum atomic E-state index is 5.87. The molecular weight excluding hydrogens is 238 g/mol. The summed E-state index contributed by atoms with van der Waals surface area (Å²) in [6, 6.07) is 8.51. The normalized spacial score (nSPS) is 24.7. The van der Waals surface area contributed by atoms with Gasteiger partial charge in [-0.25, -0.2) is 0 Å². The van der Waals surface area contributed by atoms with Crippen molar-refractivity contribution in [3.8, 4) is 0 Å². The highest BCUT2D eigenvalue weighted by Crippen LogP contribution is 2.32. The Bertz CT molecular complexity index is 567. The topological polar surface area (TPSA) is 51.4 Å². The molecule has 2 atom stereocenters. The second-order valence-corrected chi connectivity index (χ2v) is 5.02. The van der Waals surface area contributed by atoms with Crippen molar-refractivity contribution in [1.29, 1.82) is 0 Å². The van der Waals surface area contributed by atoms with Gasteiger partial charge < -0.3 is 10.5 Å². The maximum Gasteiger partial charge on any atom is 0.0895 e. The molecule has 1 saturated heterocycles. The highest BCUT2D eigenvalue weighted by atomic mass is 16.5. The molecule has 1 aliphatic rings. The van der Waals surface area contributed by atoms with Crippen LogP contribution in [0.3, 0.4) is 0 Å². The lowest BCUT2D eigenvalue weighted by molar-refractivity contribution is -0.0572. The number of fused-ring (bicyclic) bond motifs is 1. The van der Waals surface area contributed by atoms with Crippen LogP contribution in [-0.4, -0.2) is 42.7 Å². The Kier molecular flexibility index (Phi) is 3.46. The van der Waals surface area contributed by atoms with Gasteiger partial charge in [-0.3, -0.25) is 9.88 Å². The fourth-order valence-electron chi connectivity index (χ4n) is 2.87. The molecule has 1 fully saturated rings. The second kappa shape index (κ2) is 5.25. The van der Waals surface area contributed by atoms with E-state index in [-0.39, 0.29) is 12.1 Å². The van der Waals surface area contributed by atoms with Crippen LogP contribution in [-0.2, 0) is 4.74 Å². The quantitative estimate of drug-likeness (QED) is 0.887. The number of hydrogen-bond donors (Lipinski definition) is 1. The van der Waals surface area contributed by atoms with E-state index >= 15 is 0 Å². The molecule has 2 aromatic rings. The minimum absolute atomic E-state index is 0.0337. The number of rotatable bonds is 2. The van der Waals surface area contributed by atoms with Crippen LogP contribution in [0, 0.1) is 0 Å². The van der Waals surface area contributed by atoms with Crippen LogP contribution in [0.15, 0.2) is 36.7 Å². The van der Waals surface area contributed by atoms with Crippen molar-refractivity contribution in [3.63, 3.8) is 0 Å². The molecule has 2 N–H and O–H groups in total. The van der Waals surface area contributed by atoms with Crippen LogP contribution in [0.5, 0.6) is 0 Å². The van der Waals surface area contributed by atoms with Gasteiger partial charge in [0.05, 0.1) is 18.8 Å². The van der Waals surface area contributed by atoms with Gasteiger partial charge in [-0.15, -0.1) is 0 Å². The maximum absolute atomic E-state index is 5.87. The predicted octanol–water partition coefficient (Wildman–Crippen LogP) is 1.57. The number of nitrogens with zero attached hydrogens (tertiary/aromatic N) is 2. The number of hydrogen-bond acceptors (Lipinski definition) is 4. The SMILES string of the molecule is CN1CCOC(CN)C1c1cncc2ccccc12. The molecule has 0 aliphatic carbocycles. The molecule has 2 heterocycles. The van der Waals surface area contributed by atoms with Gasteiger partial charge in [0, 0.05) is 30.9 Å². The molecule has 1 aliphatic heterocycles. The van der Waals surface area contributed by atoms with Crippen LogP contribution in [0.1, 0.15) is 11.6 Å². The van der Waals surface area contributed by atoms with Gasteiger partial charge in [-0.05, 0) is 18.0 Å². The molecule has 100 valence electrons. The average Bonchev–Trinajstić information content (AvgIpc) is 2.46. The monoisotopic (exact) mass is 257 g/mol. The number of nitrogens with two attached hydrogens (primary N) is 1. The third-order valence-electron chi connectivity index (χ3n) is 3.85. The van der Waals surface area contributed by atoms with Crippen molar-refractivity contribution in [2.45, 2.75) is 12.1 Å². The minimum atomic E-state index is 0.0337. The Morgan fingerprint density at radius 1 is 1.37 bits per heavy atom. The molecule has 1 aromatic heterocycles. The van der Waals surface area contributed by atoms with Gasteiger partial charge in [0.25, 0.3) is 0 Å². The first-order valence-corrected chi connectivity index (χ1v) is 6.66. The fraction of sp³-hybridized carbons (Fsp3) is 0.400. The van der Waals surface area contributed by atoms with Crippen molar-refractivity contribution < 1.29 is 4.74 Å². The summed E-state index contributed by atoms with van der Waals surface area (Å²) in [6.07, 6.45) is 3.88. The zero-order valence-corrected chi connectivity index (χ0v) is 11.1. The van der Waals surface area contributed by atoms with E-state index in [9.17, 15) is 0 Å². The number of pyridine rings is 1. The Morgan fingerprint density at radius 3 is 3.05 bits per heavy atom. The number of ether oxygens (including phenoxy) is 1. The van der Waals surface area contributed by atoms with Gasteiger partial charge in [-0.2, -0.15) is 0 Å². The first-order chi connectivity index (χ1) is 9.31. The zero-order valence-electron chi connectivity index (χ0n) is 11.1. The lowest BCUT2D eigenvalue weighted by Crippen LogP contribution is -2.46. The fourth-order valence-corrected chi connectivity index (χ4v) is 2.87. The molecule has 3 rings (SSSR count). The van der Waals surface area contributed by atoms with Gasteiger partial charge in [0.15, 0.2) is 0 Å². The summed E-state index contributed by atoms with van der Waals surface area (Å²) >= 11 is 0. The van der Waals surface area contributed by atoms with Crippen molar-refractivity contribution in [1.82, 2.24) is 9.88 Å². The second-order valence-electron chi connectivity index (χ2n) is 5.02. The van der Waals surface area contributed by atoms with E-state index in [2.05, 4.69) is 35.1 Å². The number of benzene rings is 1. The Balaban J connectivity index is 2.11. The summed E-state index contributed by atoms with van der Waals surface area (Å²) in [4.78, 5) is 6.68. The molecule has 0 bridgehead atoms. The summed E-state index contributed by atoms with van der Waals surface area (Å²) in [7, 11) is 2.12. The summed E-state index contributed by atoms with van der Waals surface area (Å²) in [5, 5.41) is 2.40. The average molecular weight is 257 g/mol. The Labute approximate surface area is 113 Å². The summed E-state index contributed by atoms with van der Waals surface area (Å²) in [5.41, 5.74) is 7.07. The Morgan fingerprint density at radius 2 is 2.21 bits per heavy atom. The third kappa shape index (κ3) is 2.23. The molecule has 4 nitrogen and oxygen atoms in total. The number of aromatic nitrogens is 1. The lowest BCUT2D eigenvalue weighted by atomic mass is 9.95. The van der Waals surface area contributed by atoms with Crippen molar-refractivity contribution in [2.24, 2.45) is 5.73 Å². The highest BCUT2D eigenvalue weighted by Gasteiger charge is 2.31. The minimum Gasteiger partial charge on any atom is -0.374 e. The van der Waals surface area contributed by atoms with E-state index in [1.54, 1.807) is 0 Å². The zero-order chi connectivity index (χ0) is 13.2. The highest BCUT2D eigenvalue weighted by molar-refractivity contribution is 5.85. The van der Waals surface area contributed by atoms with E-state index in [4.69, 9.17) is 10.5 Å². The van der Waals surface area contributed by atoms with E-state index < -0.39 is 0 Å². The van der Waals surface area contributed by atoms with E-state index in [0.717, 1.165) is 18.5 Å². The van der Waals surface area contributed by atoms with Gasteiger partial charge in [0.1, 0.15) is 0 Å². The molecule has 2 unspecified atom stereocenters. The van der Waals surface area contributed by atoms with Gasteiger partial charge >= 0.3 is 0 Å². The standard InChI is InChI=1S/C15H19N3O/c1-18-6-7-19-14(8-16)15(18)13-10-17-9-11-4-2-3-5-12(11)13/h2-5,9-10,14-15H,6-8,16H2,1H3. The number of morpholine rings is 1.